The number of benzene rings is 2. The fraction of sp³-hybridized carbons (Fsp3) is 0.278. The third-order valence-electron chi connectivity index (χ3n) is 4.39. The van der Waals surface area contributed by atoms with Crippen LogP contribution in [-0.4, -0.2) is 24.1 Å². The van der Waals surface area contributed by atoms with Crippen molar-refractivity contribution in [3.05, 3.63) is 59.4 Å². The van der Waals surface area contributed by atoms with Crippen molar-refractivity contribution in [3.63, 3.8) is 0 Å². The predicted octanol–water partition coefficient (Wildman–Crippen LogP) is 3.53. The summed E-state index contributed by atoms with van der Waals surface area (Å²) in [6, 6.07) is 11.6. The van der Waals surface area contributed by atoms with Crippen LogP contribution in [0.4, 0.5) is 4.39 Å². The number of halogens is 1. The lowest BCUT2D eigenvalue weighted by Gasteiger charge is -2.25. The quantitative estimate of drug-likeness (QED) is 0.851. The van der Waals surface area contributed by atoms with Gasteiger partial charge in [0.15, 0.2) is 11.5 Å². The summed E-state index contributed by atoms with van der Waals surface area (Å²) in [5.74, 6) is 0.974. The Hall–Kier alpha value is -2.56. The molecule has 0 unspecified atom stereocenters. The summed E-state index contributed by atoms with van der Waals surface area (Å²) in [4.78, 5) is 14.7. The van der Waals surface area contributed by atoms with Crippen LogP contribution < -0.4 is 9.47 Å². The summed E-state index contributed by atoms with van der Waals surface area (Å²) >= 11 is 0. The number of hydrogen-bond donors (Lipinski definition) is 0. The van der Waals surface area contributed by atoms with Gasteiger partial charge in [-0.3, -0.25) is 4.79 Å². The summed E-state index contributed by atoms with van der Waals surface area (Å²) in [6.45, 7) is 0.893. The van der Waals surface area contributed by atoms with Crippen molar-refractivity contribution in [2.75, 3.05) is 13.3 Å². The van der Waals surface area contributed by atoms with Crippen LogP contribution in [0.3, 0.4) is 0 Å². The smallest absolute Gasteiger partial charge is 0.254 e. The minimum atomic E-state index is -0.264. The molecule has 1 fully saturated rings. The summed E-state index contributed by atoms with van der Waals surface area (Å²) in [5.41, 5.74) is 1.56. The molecular weight excluding hydrogens is 297 g/mol. The molecule has 2 aromatic carbocycles. The standard InChI is InChI=1S/C18H16FNO3/c19-14-6-3-12(4-7-14)15-2-1-9-20(15)18(21)13-5-8-16-17(10-13)23-11-22-16/h3-8,10,15H,1-2,9,11H2/t15-/m1/s1. The molecule has 2 heterocycles. The Morgan fingerprint density at radius 1 is 1.09 bits per heavy atom. The largest absolute Gasteiger partial charge is 0.454 e. The maximum atomic E-state index is 13.1. The molecule has 2 aromatic rings. The highest BCUT2D eigenvalue weighted by atomic mass is 19.1. The van der Waals surface area contributed by atoms with Crippen molar-refractivity contribution in [2.45, 2.75) is 18.9 Å². The molecule has 23 heavy (non-hydrogen) atoms. The molecule has 1 atom stereocenters. The predicted molar refractivity (Wildman–Crippen MR) is 82.0 cm³/mol. The number of likely N-dealkylation sites (tertiary alicyclic amines) is 1. The van der Waals surface area contributed by atoms with Gasteiger partial charge in [0.2, 0.25) is 6.79 Å². The van der Waals surface area contributed by atoms with Gasteiger partial charge in [-0.2, -0.15) is 0 Å². The number of carbonyl (C=O) groups excluding carboxylic acids is 1. The van der Waals surface area contributed by atoms with E-state index in [9.17, 15) is 9.18 Å². The van der Waals surface area contributed by atoms with E-state index in [1.165, 1.54) is 12.1 Å². The lowest BCUT2D eigenvalue weighted by molar-refractivity contribution is 0.0735. The average Bonchev–Trinajstić information content (AvgIpc) is 3.23. The molecule has 0 N–H and O–H groups in total. The molecule has 118 valence electrons. The van der Waals surface area contributed by atoms with Crippen molar-refractivity contribution < 1.29 is 18.7 Å². The van der Waals surface area contributed by atoms with Crippen LogP contribution in [0.25, 0.3) is 0 Å². The number of rotatable bonds is 2. The second kappa shape index (κ2) is 5.57. The van der Waals surface area contributed by atoms with Crippen LogP contribution in [0.15, 0.2) is 42.5 Å². The second-order valence-electron chi connectivity index (χ2n) is 5.78. The zero-order chi connectivity index (χ0) is 15.8. The highest BCUT2D eigenvalue weighted by Gasteiger charge is 2.31. The van der Waals surface area contributed by atoms with E-state index in [-0.39, 0.29) is 24.6 Å². The van der Waals surface area contributed by atoms with Crippen LogP contribution in [0.1, 0.15) is 34.8 Å². The zero-order valence-electron chi connectivity index (χ0n) is 12.5. The van der Waals surface area contributed by atoms with Gasteiger partial charge in [0.25, 0.3) is 5.91 Å². The first-order chi connectivity index (χ1) is 11.2. The highest BCUT2D eigenvalue weighted by Crippen LogP contribution is 2.36. The van der Waals surface area contributed by atoms with Gasteiger partial charge in [0.05, 0.1) is 6.04 Å². The zero-order valence-corrected chi connectivity index (χ0v) is 12.5. The lowest BCUT2D eigenvalue weighted by atomic mass is 10.0. The van der Waals surface area contributed by atoms with E-state index in [1.807, 2.05) is 4.90 Å². The van der Waals surface area contributed by atoms with Crippen LogP contribution in [0.2, 0.25) is 0 Å². The number of carbonyl (C=O) groups is 1. The van der Waals surface area contributed by atoms with Crippen LogP contribution in [0, 0.1) is 5.82 Å². The molecule has 2 aliphatic rings. The van der Waals surface area contributed by atoms with Gasteiger partial charge in [-0.1, -0.05) is 12.1 Å². The molecule has 0 saturated carbocycles. The first-order valence-electron chi connectivity index (χ1n) is 7.68. The van der Waals surface area contributed by atoms with Crippen LogP contribution in [-0.2, 0) is 0 Å². The minimum Gasteiger partial charge on any atom is -0.454 e. The SMILES string of the molecule is O=C(c1ccc2c(c1)OCO2)N1CCC[C@@H]1c1ccc(F)cc1. The molecule has 0 aromatic heterocycles. The summed E-state index contributed by atoms with van der Waals surface area (Å²) in [6.07, 6.45) is 1.83. The molecule has 4 nitrogen and oxygen atoms in total. The van der Waals surface area contributed by atoms with E-state index in [0.29, 0.717) is 23.6 Å². The molecular formula is C18H16FNO3. The number of nitrogens with zero attached hydrogens (tertiary/aromatic N) is 1. The van der Waals surface area contributed by atoms with Crippen molar-refractivity contribution in [2.24, 2.45) is 0 Å². The number of hydrogen-bond acceptors (Lipinski definition) is 3. The van der Waals surface area contributed by atoms with Gasteiger partial charge >= 0.3 is 0 Å². The summed E-state index contributed by atoms with van der Waals surface area (Å²) < 4.78 is 23.7. The molecule has 1 amide bonds. The molecule has 0 spiro atoms. The summed E-state index contributed by atoms with van der Waals surface area (Å²) in [7, 11) is 0. The van der Waals surface area contributed by atoms with Crippen molar-refractivity contribution in [3.8, 4) is 11.5 Å². The maximum Gasteiger partial charge on any atom is 0.254 e. The van der Waals surface area contributed by atoms with Gasteiger partial charge in [0.1, 0.15) is 5.82 Å². The molecule has 4 rings (SSSR count). The molecule has 1 saturated heterocycles. The third-order valence-corrected chi connectivity index (χ3v) is 4.39. The van der Waals surface area contributed by atoms with E-state index in [4.69, 9.17) is 9.47 Å². The van der Waals surface area contributed by atoms with Crippen molar-refractivity contribution >= 4 is 5.91 Å². The van der Waals surface area contributed by atoms with Gasteiger partial charge in [0, 0.05) is 12.1 Å². The van der Waals surface area contributed by atoms with E-state index < -0.39 is 0 Å². The van der Waals surface area contributed by atoms with Gasteiger partial charge in [-0.15, -0.1) is 0 Å². The molecule has 0 bridgehead atoms. The van der Waals surface area contributed by atoms with Gasteiger partial charge < -0.3 is 14.4 Å². The van der Waals surface area contributed by atoms with Crippen molar-refractivity contribution in [1.82, 2.24) is 4.90 Å². The maximum absolute atomic E-state index is 13.1. The Kier molecular flexibility index (Phi) is 3.41. The van der Waals surface area contributed by atoms with Crippen LogP contribution >= 0.6 is 0 Å². The molecule has 5 heteroatoms. The molecule has 2 aliphatic heterocycles. The topological polar surface area (TPSA) is 38.8 Å². The van der Waals surface area contributed by atoms with Gasteiger partial charge in [-0.05, 0) is 48.7 Å². The third kappa shape index (κ3) is 2.52. The van der Waals surface area contributed by atoms with Gasteiger partial charge in [-0.25, -0.2) is 4.39 Å². The Morgan fingerprint density at radius 3 is 2.70 bits per heavy atom. The minimum absolute atomic E-state index is 0.00600. The normalized spacial score (nSPS) is 19.2. The van der Waals surface area contributed by atoms with E-state index >= 15 is 0 Å². The Labute approximate surface area is 133 Å². The fourth-order valence-electron chi connectivity index (χ4n) is 3.24. The Bertz CT molecular complexity index is 744. The molecule has 0 aliphatic carbocycles. The number of amides is 1. The van der Waals surface area contributed by atoms with E-state index in [2.05, 4.69) is 0 Å². The number of fused-ring (bicyclic) bond motifs is 1. The first kappa shape index (κ1) is 14.1. The Balaban J connectivity index is 1.60. The van der Waals surface area contributed by atoms with E-state index in [0.717, 1.165) is 18.4 Å². The lowest BCUT2D eigenvalue weighted by Crippen LogP contribution is -2.30. The number of ether oxygens (including phenoxy) is 2. The average molecular weight is 313 g/mol. The summed E-state index contributed by atoms with van der Waals surface area (Å²) in [5, 5.41) is 0. The Morgan fingerprint density at radius 2 is 1.87 bits per heavy atom. The van der Waals surface area contributed by atoms with Crippen LogP contribution in [0.5, 0.6) is 11.5 Å². The molecule has 0 radical (unpaired) electrons. The fourth-order valence-corrected chi connectivity index (χ4v) is 3.24. The van der Waals surface area contributed by atoms with Crippen molar-refractivity contribution in [1.29, 1.82) is 0 Å². The van der Waals surface area contributed by atoms with E-state index in [1.54, 1.807) is 30.3 Å². The monoisotopic (exact) mass is 313 g/mol. The highest BCUT2D eigenvalue weighted by molar-refractivity contribution is 5.95. The first-order valence-corrected chi connectivity index (χ1v) is 7.68. The second-order valence-corrected chi connectivity index (χ2v) is 5.78.